The number of hydrogen-bond donors (Lipinski definition) is 1. The molecule has 0 atom stereocenters. The first kappa shape index (κ1) is 14.2. The second-order valence-electron chi connectivity index (χ2n) is 3.44. The van der Waals surface area contributed by atoms with Gasteiger partial charge in [-0.2, -0.15) is 0 Å². The van der Waals surface area contributed by atoms with Crippen molar-refractivity contribution >= 4 is 23.2 Å². The molecule has 96 valence electrons. The number of carbonyl (C=O) groups excluding carboxylic acids is 2. The zero-order valence-electron chi connectivity index (χ0n) is 10.2. The number of nitrogens with zero attached hydrogens (tertiary/aromatic N) is 1. The third-order valence-corrected chi connectivity index (χ3v) is 2.95. The Morgan fingerprint density at radius 3 is 2.89 bits per heavy atom. The summed E-state index contributed by atoms with van der Waals surface area (Å²) in [6.45, 7) is 0.207. The molecule has 2 N–H and O–H groups in total. The number of carbonyl (C=O) groups is 2. The highest BCUT2D eigenvalue weighted by Gasteiger charge is 2.16. The Bertz CT molecular complexity index is 499. The second kappa shape index (κ2) is 6.79. The Balaban J connectivity index is 2.72. The van der Waals surface area contributed by atoms with Crippen LogP contribution in [0.1, 0.15) is 15.2 Å². The van der Waals surface area contributed by atoms with E-state index < -0.39 is 5.97 Å². The fourth-order valence-corrected chi connectivity index (χ4v) is 1.95. The van der Waals surface area contributed by atoms with Gasteiger partial charge >= 0.3 is 5.97 Å². The maximum Gasteiger partial charge on any atom is 0.325 e. The highest BCUT2D eigenvalue weighted by molar-refractivity contribution is 7.10. The van der Waals surface area contributed by atoms with Crippen LogP contribution in [0, 0.1) is 11.8 Å². The number of nitrogens with two attached hydrogens (primary N) is 1. The van der Waals surface area contributed by atoms with Crippen LogP contribution in [0.25, 0.3) is 0 Å². The van der Waals surface area contributed by atoms with Gasteiger partial charge in [0.1, 0.15) is 6.54 Å². The molecular weight excluding hydrogens is 252 g/mol. The van der Waals surface area contributed by atoms with Gasteiger partial charge in [0.2, 0.25) is 0 Å². The zero-order valence-corrected chi connectivity index (χ0v) is 11.0. The number of hydrogen-bond acceptors (Lipinski definition) is 5. The van der Waals surface area contributed by atoms with E-state index in [9.17, 15) is 9.59 Å². The molecule has 18 heavy (non-hydrogen) atoms. The lowest BCUT2D eigenvalue weighted by atomic mass is 10.2. The molecule has 0 aliphatic rings. The normalized spacial score (nSPS) is 9.28. The number of rotatable bonds is 3. The van der Waals surface area contributed by atoms with Crippen LogP contribution in [0.15, 0.2) is 11.4 Å². The Kier molecular flexibility index (Phi) is 5.36. The van der Waals surface area contributed by atoms with Crippen molar-refractivity contribution in [3.8, 4) is 11.8 Å². The first-order chi connectivity index (χ1) is 8.58. The number of methoxy groups -OCH3 is 1. The van der Waals surface area contributed by atoms with E-state index >= 15 is 0 Å². The first-order valence-corrected chi connectivity index (χ1v) is 6.06. The van der Waals surface area contributed by atoms with Gasteiger partial charge < -0.3 is 15.4 Å². The smallest absolute Gasteiger partial charge is 0.325 e. The molecule has 1 rings (SSSR count). The van der Waals surface area contributed by atoms with E-state index in [-0.39, 0.29) is 19.0 Å². The predicted molar refractivity (Wildman–Crippen MR) is 69.2 cm³/mol. The summed E-state index contributed by atoms with van der Waals surface area (Å²) in [7, 11) is 2.83. The van der Waals surface area contributed by atoms with Crippen molar-refractivity contribution in [3.05, 3.63) is 21.9 Å². The number of thiophene rings is 1. The molecule has 6 heteroatoms. The molecule has 0 saturated heterocycles. The second-order valence-corrected chi connectivity index (χ2v) is 4.35. The van der Waals surface area contributed by atoms with Crippen LogP contribution < -0.4 is 5.73 Å². The minimum Gasteiger partial charge on any atom is -0.468 e. The Morgan fingerprint density at radius 2 is 2.28 bits per heavy atom. The average Bonchev–Trinajstić information content (AvgIpc) is 2.83. The molecule has 1 aromatic rings. The first-order valence-electron chi connectivity index (χ1n) is 5.18. The van der Waals surface area contributed by atoms with Crippen molar-refractivity contribution in [1.82, 2.24) is 4.90 Å². The van der Waals surface area contributed by atoms with Crippen molar-refractivity contribution in [2.75, 3.05) is 27.2 Å². The molecule has 1 aromatic heterocycles. The number of esters is 1. The summed E-state index contributed by atoms with van der Waals surface area (Å²) in [6.07, 6.45) is 0. The molecule has 0 unspecified atom stereocenters. The molecule has 0 radical (unpaired) electrons. The molecule has 0 fully saturated rings. The van der Waals surface area contributed by atoms with Gasteiger partial charge in [-0.05, 0) is 6.07 Å². The quantitative estimate of drug-likeness (QED) is 0.631. The van der Waals surface area contributed by atoms with Gasteiger partial charge in [-0.3, -0.25) is 9.59 Å². The SMILES string of the molecule is COC(=O)CN(C)C(=O)c1csc(C#CCN)c1. The van der Waals surface area contributed by atoms with Crippen LogP contribution in [0.2, 0.25) is 0 Å². The highest BCUT2D eigenvalue weighted by Crippen LogP contribution is 2.15. The summed E-state index contributed by atoms with van der Waals surface area (Å²) >= 11 is 1.37. The molecule has 1 heterocycles. The van der Waals surface area contributed by atoms with Gasteiger partial charge in [0.05, 0.1) is 24.1 Å². The van der Waals surface area contributed by atoms with Crippen molar-refractivity contribution in [2.24, 2.45) is 5.73 Å². The maximum atomic E-state index is 11.9. The topological polar surface area (TPSA) is 72.6 Å². The molecule has 0 spiro atoms. The zero-order chi connectivity index (χ0) is 13.5. The fourth-order valence-electron chi connectivity index (χ4n) is 1.20. The molecule has 0 saturated carbocycles. The van der Waals surface area contributed by atoms with Gasteiger partial charge in [0.15, 0.2) is 0 Å². The summed E-state index contributed by atoms with van der Waals surface area (Å²) in [6, 6.07) is 1.68. The minimum absolute atomic E-state index is 0.0744. The van der Waals surface area contributed by atoms with Crippen LogP contribution >= 0.6 is 11.3 Å². The van der Waals surface area contributed by atoms with E-state index in [4.69, 9.17) is 5.73 Å². The molecular formula is C12H14N2O3S. The van der Waals surface area contributed by atoms with E-state index in [1.54, 1.807) is 18.5 Å². The van der Waals surface area contributed by atoms with Crippen molar-refractivity contribution in [1.29, 1.82) is 0 Å². The van der Waals surface area contributed by atoms with Gasteiger partial charge in [-0.1, -0.05) is 11.8 Å². The van der Waals surface area contributed by atoms with Crippen molar-refractivity contribution < 1.29 is 14.3 Å². The van der Waals surface area contributed by atoms with Gasteiger partial charge in [-0.25, -0.2) is 0 Å². The van der Waals surface area contributed by atoms with Crippen LogP contribution in [-0.2, 0) is 9.53 Å². The monoisotopic (exact) mass is 266 g/mol. The van der Waals surface area contributed by atoms with E-state index in [2.05, 4.69) is 16.6 Å². The van der Waals surface area contributed by atoms with Gasteiger partial charge in [-0.15, -0.1) is 11.3 Å². The molecule has 0 aliphatic carbocycles. The lowest BCUT2D eigenvalue weighted by molar-refractivity contribution is -0.141. The largest absolute Gasteiger partial charge is 0.468 e. The maximum absolute atomic E-state index is 11.9. The Morgan fingerprint density at radius 1 is 1.56 bits per heavy atom. The fraction of sp³-hybridized carbons (Fsp3) is 0.333. The van der Waals surface area contributed by atoms with Gasteiger partial charge in [0, 0.05) is 12.4 Å². The summed E-state index contributed by atoms with van der Waals surface area (Å²) < 4.78 is 4.50. The average molecular weight is 266 g/mol. The minimum atomic E-state index is -0.454. The van der Waals surface area contributed by atoms with E-state index in [1.807, 2.05) is 0 Å². The van der Waals surface area contributed by atoms with Crippen LogP contribution in [-0.4, -0.2) is 44.0 Å². The molecule has 0 aliphatic heterocycles. The standard InChI is InChI=1S/C12H14N2O3S/c1-14(7-11(15)17-2)12(16)9-6-10(18-8-9)4-3-5-13/h6,8H,5,7,13H2,1-2H3. The van der Waals surface area contributed by atoms with Crippen molar-refractivity contribution in [3.63, 3.8) is 0 Å². The number of ether oxygens (including phenoxy) is 1. The molecule has 0 bridgehead atoms. The third-order valence-electron chi connectivity index (χ3n) is 2.10. The number of likely N-dealkylation sites (N-methyl/N-ethyl adjacent to an activating group) is 1. The molecule has 1 amide bonds. The lowest BCUT2D eigenvalue weighted by Crippen LogP contribution is -2.32. The lowest BCUT2D eigenvalue weighted by Gasteiger charge is -2.14. The van der Waals surface area contributed by atoms with Crippen LogP contribution in [0.3, 0.4) is 0 Å². The van der Waals surface area contributed by atoms with Crippen LogP contribution in [0.4, 0.5) is 0 Å². The molecule has 5 nitrogen and oxygen atoms in total. The summed E-state index contributed by atoms with van der Waals surface area (Å²) in [5.74, 6) is 4.88. The van der Waals surface area contributed by atoms with E-state index in [1.165, 1.54) is 23.3 Å². The number of amides is 1. The third kappa shape index (κ3) is 3.87. The Hall–Kier alpha value is -1.84. The summed E-state index contributed by atoms with van der Waals surface area (Å²) in [4.78, 5) is 25.1. The molecule has 0 aromatic carbocycles. The van der Waals surface area contributed by atoms with Crippen molar-refractivity contribution in [2.45, 2.75) is 0 Å². The summed E-state index contributed by atoms with van der Waals surface area (Å²) in [5.41, 5.74) is 5.77. The van der Waals surface area contributed by atoms with E-state index in [0.717, 1.165) is 4.88 Å². The van der Waals surface area contributed by atoms with Crippen LogP contribution in [0.5, 0.6) is 0 Å². The summed E-state index contributed by atoms with van der Waals surface area (Å²) in [5, 5.41) is 1.71. The van der Waals surface area contributed by atoms with Gasteiger partial charge in [0.25, 0.3) is 5.91 Å². The highest BCUT2D eigenvalue weighted by atomic mass is 32.1. The Labute approximate surface area is 110 Å². The van der Waals surface area contributed by atoms with E-state index in [0.29, 0.717) is 5.56 Å². The predicted octanol–water partition coefficient (Wildman–Crippen LogP) is 0.303.